The van der Waals surface area contributed by atoms with E-state index < -0.39 is 6.61 Å². The summed E-state index contributed by atoms with van der Waals surface area (Å²) in [5, 5.41) is 3.45. The van der Waals surface area contributed by atoms with Gasteiger partial charge in [-0.15, -0.1) is 12.3 Å². The molecular weight excluding hydrogens is 260 g/mol. The van der Waals surface area contributed by atoms with E-state index in [1.165, 1.54) is 0 Å². The smallest absolute Gasteiger partial charge is 0.387 e. The van der Waals surface area contributed by atoms with E-state index in [0.29, 0.717) is 0 Å². The summed E-state index contributed by atoms with van der Waals surface area (Å²) in [7, 11) is 0. The molecule has 0 aliphatic heterocycles. The van der Waals surface area contributed by atoms with Crippen LogP contribution >= 0.6 is 0 Å². The van der Waals surface area contributed by atoms with Crippen molar-refractivity contribution in [1.29, 1.82) is 0 Å². The third kappa shape index (κ3) is 6.03. The second kappa shape index (κ2) is 9.33. The fraction of sp³-hybridized carbons (Fsp3) is 0.500. The summed E-state index contributed by atoms with van der Waals surface area (Å²) < 4.78 is 28.5. The van der Waals surface area contributed by atoms with E-state index in [1.54, 1.807) is 12.1 Å². The lowest BCUT2D eigenvalue weighted by molar-refractivity contribution is -0.0498. The quantitative estimate of drug-likeness (QED) is 0.543. The molecule has 4 heteroatoms. The summed E-state index contributed by atoms with van der Waals surface area (Å²) in [5.41, 5.74) is 1.07. The van der Waals surface area contributed by atoms with Gasteiger partial charge in [0.2, 0.25) is 0 Å². The number of nitrogens with one attached hydrogen (secondary N) is 1. The Morgan fingerprint density at radius 2 is 2.00 bits per heavy atom. The van der Waals surface area contributed by atoms with Crippen molar-refractivity contribution in [2.75, 3.05) is 6.54 Å². The van der Waals surface area contributed by atoms with Gasteiger partial charge in [-0.25, -0.2) is 0 Å². The third-order valence-electron chi connectivity index (χ3n) is 2.96. The number of halogens is 2. The van der Waals surface area contributed by atoms with Gasteiger partial charge in [0.25, 0.3) is 0 Å². The van der Waals surface area contributed by atoms with E-state index in [-0.39, 0.29) is 11.8 Å². The summed E-state index contributed by atoms with van der Waals surface area (Å²) in [5.74, 6) is 2.81. The first-order valence-corrected chi connectivity index (χ1v) is 6.89. The highest BCUT2D eigenvalue weighted by atomic mass is 19.3. The first-order chi connectivity index (χ1) is 9.67. The van der Waals surface area contributed by atoms with Gasteiger partial charge in [-0.05, 0) is 43.5 Å². The minimum Gasteiger partial charge on any atom is -0.435 e. The van der Waals surface area contributed by atoms with Crippen molar-refractivity contribution >= 4 is 0 Å². The molecule has 1 aromatic carbocycles. The predicted octanol–water partition coefficient (Wildman–Crippen LogP) is 4.13. The Labute approximate surface area is 119 Å². The first-order valence-electron chi connectivity index (χ1n) is 6.89. The van der Waals surface area contributed by atoms with Crippen LogP contribution in [0.5, 0.6) is 5.75 Å². The van der Waals surface area contributed by atoms with Gasteiger partial charge in [0.1, 0.15) is 5.75 Å². The van der Waals surface area contributed by atoms with Crippen molar-refractivity contribution < 1.29 is 13.5 Å². The van der Waals surface area contributed by atoms with Gasteiger partial charge in [-0.2, -0.15) is 8.78 Å². The van der Waals surface area contributed by atoms with Crippen LogP contribution < -0.4 is 10.1 Å². The highest BCUT2D eigenvalue weighted by Gasteiger charge is 2.11. The molecule has 0 aromatic heterocycles. The topological polar surface area (TPSA) is 21.3 Å². The molecule has 1 rings (SSSR count). The Morgan fingerprint density at radius 1 is 1.30 bits per heavy atom. The molecule has 0 aliphatic carbocycles. The minimum atomic E-state index is -2.79. The summed E-state index contributed by atoms with van der Waals surface area (Å²) in [4.78, 5) is 0. The zero-order chi connectivity index (χ0) is 14.8. The molecule has 1 N–H and O–H groups in total. The number of hydrogen-bond acceptors (Lipinski definition) is 2. The van der Waals surface area contributed by atoms with E-state index in [4.69, 9.17) is 6.42 Å². The predicted molar refractivity (Wildman–Crippen MR) is 76.8 cm³/mol. The molecule has 1 aromatic rings. The molecule has 0 spiro atoms. The van der Waals surface area contributed by atoms with Crippen LogP contribution in [0.25, 0.3) is 0 Å². The zero-order valence-corrected chi connectivity index (χ0v) is 11.7. The van der Waals surface area contributed by atoms with Crippen LogP contribution in [0.15, 0.2) is 24.3 Å². The maximum Gasteiger partial charge on any atom is 0.387 e. The second-order valence-corrected chi connectivity index (χ2v) is 4.55. The molecule has 20 heavy (non-hydrogen) atoms. The summed E-state index contributed by atoms with van der Waals surface area (Å²) >= 11 is 0. The highest BCUT2D eigenvalue weighted by Crippen LogP contribution is 2.23. The van der Waals surface area contributed by atoms with Gasteiger partial charge in [0.15, 0.2) is 0 Å². The molecule has 0 amide bonds. The van der Waals surface area contributed by atoms with Crippen LogP contribution in [-0.2, 0) is 0 Å². The molecule has 0 saturated heterocycles. The SMILES string of the molecule is C#CCCCC(NCCC)c1ccc(OC(F)F)cc1. The number of rotatable bonds is 9. The molecular formula is C16H21F2NO. The Morgan fingerprint density at radius 3 is 2.55 bits per heavy atom. The van der Waals surface area contributed by atoms with Crippen molar-refractivity contribution in [2.24, 2.45) is 0 Å². The Bertz CT molecular complexity index is 411. The Balaban J connectivity index is 2.66. The molecule has 2 nitrogen and oxygen atoms in total. The number of alkyl halides is 2. The monoisotopic (exact) mass is 281 g/mol. The lowest BCUT2D eigenvalue weighted by Crippen LogP contribution is -2.22. The standard InChI is InChI=1S/C16H21F2NO/c1-3-5-6-7-15(19-12-4-2)13-8-10-14(11-9-13)20-16(17)18/h1,8-11,15-16,19H,4-7,12H2,2H3. The normalized spacial score (nSPS) is 12.2. The molecule has 1 unspecified atom stereocenters. The van der Waals surface area contributed by atoms with Crippen LogP contribution in [0.1, 0.15) is 44.2 Å². The Kier molecular flexibility index (Phi) is 7.67. The van der Waals surface area contributed by atoms with Crippen LogP contribution in [0, 0.1) is 12.3 Å². The zero-order valence-electron chi connectivity index (χ0n) is 11.7. The molecule has 0 heterocycles. The van der Waals surface area contributed by atoms with E-state index in [1.807, 2.05) is 12.1 Å². The van der Waals surface area contributed by atoms with E-state index >= 15 is 0 Å². The largest absolute Gasteiger partial charge is 0.435 e. The molecule has 0 aliphatic rings. The average Bonchev–Trinajstić information content (AvgIpc) is 2.43. The molecule has 110 valence electrons. The van der Waals surface area contributed by atoms with Crippen molar-refractivity contribution in [3.05, 3.63) is 29.8 Å². The third-order valence-corrected chi connectivity index (χ3v) is 2.96. The van der Waals surface area contributed by atoms with Crippen LogP contribution in [0.3, 0.4) is 0 Å². The number of benzene rings is 1. The molecule has 0 radical (unpaired) electrons. The van der Waals surface area contributed by atoms with Gasteiger partial charge >= 0.3 is 6.61 Å². The van der Waals surface area contributed by atoms with Crippen LogP contribution in [0.4, 0.5) is 8.78 Å². The number of hydrogen-bond donors (Lipinski definition) is 1. The molecule has 0 bridgehead atoms. The average molecular weight is 281 g/mol. The molecule has 0 fully saturated rings. The number of terminal acetylenes is 1. The molecule has 1 atom stereocenters. The maximum absolute atomic E-state index is 12.1. The van der Waals surface area contributed by atoms with Crippen molar-refractivity contribution in [1.82, 2.24) is 5.32 Å². The molecule has 0 saturated carbocycles. The van der Waals surface area contributed by atoms with E-state index in [2.05, 4.69) is 22.9 Å². The van der Waals surface area contributed by atoms with Crippen LogP contribution in [0.2, 0.25) is 0 Å². The summed E-state index contributed by atoms with van der Waals surface area (Å²) in [6, 6.07) is 6.98. The van der Waals surface area contributed by atoms with Gasteiger partial charge < -0.3 is 10.1 Å². The van der Waals surface area contributed by atoms with Crippen LogP contribution in [-0.4, -0.2) is 13.2 Å². The lowest BCUT2D eigenvalue weighted by atomic mass is 10.0. The fourth-order valence-corrected chi connectivity index (χ4v) is 1.99. The summed E-state index contributed by atoms with van der Waals surface area (Å²) in [6.07, 6.45) is 8.92. The van der Waals surface area contributed by atoms with E-state index in [9.17, 15) is 8.78 Å². The van der Waals surface area contributed by atoms with Gasteiger partial charge in [0, 0.05) is 12.5 Å². The van der Waals surface area contributed by atoms with Gasteiger partial charge in [0.05, 0.1) is 0 Å². The summed E-state index contributed by atoms with van der Waals surface area (Å²) in [6.45, 7) is 0.228. The lowest BCUT2D eigenvalue weighted by Gasteiger charge is -2.19. The number of unbranched alkanes of at least 4 members (excludes halogenated alkanes) is 1. The fourth-order valence-electron chi connectivity index (χ4n) is 1.99. The van der Waals surface area contributed by atoms with Gasteiger partial charge in [-0.3, -0.25) is 0 Å². The number of ether oxygens (including phenoxy) is 1. The Hall–Kier alpha value is -1.60. The van der Waals surface area contributed by atoms with Crippen molar-refractivity contribution in [3.8, 4) is 18.1 Å². The first kappa shape index (κ1) is 16.5. The van der Waals surface area contributed by atoms with E-state index in [0.717, 1.165) is 37.8 Å². The highest BCUT2D eigenvalue weighted by molar-refractivity contribution is 5.29. The minimum absolute atomic E-state index is 0.182. The van der Waals surface area contributed by atoms with Crippen molar-refractivity contribution in [3.63, 3.8) is 0 Å². The maximum atomic E-state index is 12.1. The van der Waals surface area contributed by atoms with Crippen molar-refractivity contribution in [2.45, 2.75) is 45.3 Å². The van der Waals surface area contributed by atoms with Gasteiger partial charge in [-0.1, -0.05) is 19.1 Å². The second-order valence-electron chi connectivity index (χ2n) is 4.55.